The summed E-state index contributed by atoms with van der Waals surface area (Å²) < 4.78 is 13.4. The molecule has 21 heavy (non-hydrogen) atoms. The van der Waals surface area contributed by atoms with Crippen LogP contribution in [0.25, 0.3) is 0 Å². The van der Waals surface area contributed by atoms with Crippen molar-refractivity contribution in [1.82, 2.24) is 4.90 Å². The average Bonchev–Trinajstić information content (AvgIpc) is 2.86. The summed E-state index contributed by atoms with van der Waals surface area (Å²) in [6.45, 7) is 5.00. The zero-order valence-electron chi connectivity index (χ0n) is 12.3. The van der Waals surface area contributed by atoms with E-state index in [0.717, 1.165) is 37.3 Å². The van der Waals surface area contributed by atoms with Crippen LogP contribution in [0.3, 0.4) is 0 Å². The third kappa shape index (κ3) is 3.82. The molecule has 3 rings (SSSR count). The number of rotatable bonds is 4. The summed E-state index contributed by atoms with van der Waals surface area (Å²) in [5.74, 6) is -0.170. The van der Waals surface area contributed by atoms with E-state index in [9.17, 15) is 4.39 Å². The van der Waals surface area contributed by atoms with Gasteiger partial charge in [0.15, 0.2) is 0 Å². The van der Waals surface area contributed by atoms with Crippen LogP contribution in [0.2, 0.25) is 0 Å². The van der Waals surface area contributed by atoms with E-state index in [4.69, 9.17) is 0 Å². The van der Waals surface area contributed by atoms with Gasteiger partial charge in [-0.2, -0.15) is 0 Å². The van der Waals surface area contributed by atoms with Gasteiger partial charge in [-0.15, -0.1) is 0 Å². The number of anilines is 1. The van der Waals surface area contributed by atoms with Crippen molar-refractivity contribution in [1.29, 1.82) is 0 Å². The number of halogens is 1. The first-order valence-corrected chi connectivity index (χ1v) is 7.49. The lowest BCUT2D eigenvalue weighted by molar-refractivity contribution is 0.328. The molecule has 1 saturated heterocycles. The predicted molar refractivity (Wildman–Crippen MR) is 84.9 cm³/mol. The minimum Gasteiger partial charge on any atom is -0.381 e. The second-order valence-corrected chi connectivity index (χ2v) is 5.87. The Kier molecular flexibility index (Phi) is 4.20. The molecule has 1 aliphatic rings. The quantitative estimate of drug-likeness (QED) is 0.918. The Labute approximate surface area is 125 Å². The van der Waals surface area contributed by atoms with Crippen LogP contribution in [-0.4, -0.2) is 24.0 Å². The second kappa shape index (κ2) is 6.27. The van der Waals surface area contributed by atoms with Crippen LogP contribution in [0.5, 0.6) is 0 Å². The highest BCUT2D eigenvalue weighted by Gasteiger charge is 2.22. The second-order valence-electron chi connectivity index (χ2n) is 5.87. The summed E-state index contributed by atoms with van der Waals surface area (Å²) in [5, 5.41) is 3.46. The van der Waals surface area contributed by atoms with Crippen molar-refractivity contribution >= 4 is 5.69 Å². The molecule has 2 nitrogen and oxygen atoms in total. The third-order valence-electron chi connectivity index (χ3n) is 3.93. The lowest BCUT2D eigenvalue weighted by Gasteiger charge is -2.17. The smallest absolute Gasteiger partial charge is 0.125 e. The van der Waals surface area contributed by atoms with E-state index in [2.05, 4.69) is 34.5 Å². The van der Waals surface area contributed by atoms with E-state index in [1.807, 2.05) is 19.1 Å². The fraction of sp³-hybridized carbons (Fsp3) is 0.333. The molecule has 0 amide bonds. The number of likely N-dealkylation sites (tertiary alicyclic amines) is 1. The van der Waals surface area contributed by atoms with Crippen LogP contribution in [0.1, 0.15) is 17.5 Å². The minimum absolute atomic E-state index is 0.170. The molecule has 0 saturated carbocycles. The van der Waals surface area contributed by atoms with Gasteiger partial charge in [0.05, 0.1) is 0 Å². The van der Waals surface area contributed by atoms with Crippen molar-refractivity contribution in [2.75, 3.05) is 18.4 Å². The molecule has 1 heterocycles. The Morgan fingerprint density at radius 2 is 2.00 bits per heavy atom. The van der Waals surface area contributed by atoms with E-state index in [1.54, 1.807) is 12.1 Å². The van der Waals surface area contributed by atoms with Gasteiger partial charge in [0.25, 0.3) is 0 Å². The third-order valence-corrected chi connectivity index (χ3v) is 3.93. The Balaban J connectivity index is 1.57. The molecule has 0 aliphatic carbocycles. The van der Waals surface area contributed by atoms with E-state index < -0.39 is 0 Å². The Morgan fingerprint density at radius 3 is 2.76 bits per heavy atom. The van der Waals surface area contributed by atoms with Crippen molar-refractivity contribution in [3.8, 4) is 0 Å². The number of nitrogens with one attached hydrogen (secondary N) is 1. The van der Waals surface area contributed by atoms with Crippen LogP contribution < -0.4 is 5.32 Å². The predicted octanol–water partition coefficient (Wildman–Crippen LogP) is 3.82. The lowest BCUT2D eigenvalue weighted by atomic mass is 10.2. The molecule has 0 spiro atoms. The van der Waals surface area contributed by atoms with Crippen molar-refractivity contribution in [3.63, 3.8) is 0 Å². The summed E-state index contributed by atoms with van der Waals surface area (Å²) in [6, 6.07) is 16.1. The molecule has 0 radical (unpaired) electrons. The maximum absolute atomic E-state index is 13.4. The summed E-state index contributed by atoms with van der Waals surface area (Å²) in [7, 11) is 0. The lowest BCUT2D eigenvalue weighted by Crippen LogP contribution is -2.26. The standard InChI is InChI=1S/C18H21FN2/c1-14-9-16(19)11-18(10-14)20-17-7-8-21(13-17)12-15-5-3-2-4-6-15/h2-6,9-11,17,20H,7-8,12-13H2,1H3. The highest BCUT2D eigenvalue weighted by Crippen LogP contribution is 2.19. The fourth-order valence-corrected chi connectivity index (χ4v) is 2.99. The number of nitrogens with zero attached hydrogens (tertiary/aromatic N) is 1. The first-order chi connectivity index (χ1) is 10.2. The molecule has 0 aromatic heterocycles. The van der Waals surface area contributed by atoms with E-state index in [0.29, 0.717) is 6.04 Å². The van der Waals surface area contributed by atoms with Gasteiger partial charge >= 0.3 is 0 Å². The van der Waals surface area contributed by atoms with Crippen LogP contribution in [0.15, 0.2) is 48.5 Å². The molecule has 0 bridgehead atoms. The minimum atomic E-state index is -0.170. The molecule has 1 fully saturated rings. The monoisotopic (exact) mass is 284 g/mol. The maximum atomic E-state index is 13.4. The molecule has 110 valence electrons. The molecule has 2 aromatic rings. The van der Waals surface area contributed by atoms with Gasteiger partial charge in [-0.05, 0) is 42.7 Å². The van der Waals surface area contributed by atoms with Gasteiger partial charge in [-0.3, -0.25) is 4.90 Å². The maximum Gasteiger partial charge on any atom is 0.125 e. The number of benzene rings is 2. The van der Waals surface area contributed by atoms with Crippen LogP contribution in [0.4, 0.5) is 10.1 Å². The molecular weight excluding hydrogens is 263 g/mol. The molecule has 1 unspecified atom stereocenters. The van der Waals surface area contributed by atoms with E-state index in [-0.39, 0.29) is 5.82 Å². The van der Waals surface area contributed by atoms with Gasteiger partial charge in [0.2, 0.25) is 0 Å². The highest BCUT2D eigenvalue weighted by atomic mass is 19.1. The first-order valence-electron chi connectivity index (χ1n) is 7.49. The van der Waals surface area contributed by atoms with Gasteiger partial charge in [-0.1, -0.05) is 30.3 Å². The summed E-state index contributed by atoms with van der Waals surface area (Å²) in [5.41, 5.74) is 3.19. The topological polar surface area (TPSA) is 15.3 Å². The summed E-state index contributed by atoms with van der Waals surface area (Å²) in [4.78, 5) is 2.44. The largest absolute Gasteiger partial charge is 0.381 e. The SMILES string of the molecule is Cc1cc(F)cc(NC2CCN(Cc3ccccc3)C2)c1. The van der Waals surface area contributed by atoms with Crippen molar-refractivity contribution in [2.24, 2.45) is 0 Å². The fourth-order valence-electron chi connectivity index (χ4n) is 2.99. The van der Waals surface area contributed by atoms with Crippen LogP contribution in [-0.2, 0) is 6.54 Å². The average molecular weight is 284 g/mol. The number of hydrogen-bond donors (Lipinski definition) is 1. The summed E-state index contributed by atoms with van der Waals surface area (Å²) >= 11 is 0. The van der Waals surface area contributed by atoms with Crippen LogP contribution in [0, 0.1) is 12.7 Å². The Morgan fingerprint density at radius 1 is 1.19 bits per heavy atom. The molecule has 1 aliphatic heterocycles. The Bertz CT molecular complexity index is 577. The van der Waals surface area contributed by atoms with Gasteiger partial charge in [0.1, 0.15) is 5.82 Å². The van der Waals surface area contributed by atoms with E-state index >= 15 is 0 Å². The van der Waals surface area contributed by atoms with Crippen molar-refractivity contribution in [2.45, 2.75) is 25.9 Å². The van der Waals surface area contributed by atoms with Gasteiger partial charge < -0.3 is 5.32 Å². The molecule has 2 aromatic carbocycles. The van der Waals surface area contributed by atoms with Crippen LogP contribution >= 0.6 is 0 Å². The molecular formula is C18H21FN2. The normalized spacial score (nSPS) is 18.9. The zero-order valence-corrected chi connectivity index (χ0v) is 12.3. The zero-order chi connectivity index (χ0) is 14.7. The van der Waals surface area contributed by atoms with Gasteiger partial charge in [-0.25, -0.2) is 4.39 Å². The van der Waals surface area contributed by atoms with Crippen molar-refractivity contribution < 1.29 is 4.39 Å². The molecule has 1 N–H and O–H groups in total. The summed E-state index contributed by atoms with van der Waals surface area (Å²) in [6.07, 6.45) is 1.10. The highest BCUT2D eigenvalue weighted by molar-refractivity contribution is 5.47. The van der Waals surface area contributed by atoms with Crippen molar-refractivity contribution in [3.05, 3.63) is 65.5 Å². The number of aryl methyl sites for hydroxylation is 1. The van der Waals surface area contributed by atoms with Gasteiger partial charge in [0, 0.05) is 31.4 Å². The number of hydrogen-bond acceptors (Lipinski definition) is 2. The molecule has 1 atom stereocenters. The van der Waals surface area contributed by atoms with E-state index in [1.165, 1.54) is 5.56 Å². The Hall–Kier alpha value is -1.87. The molecule has 3 heteroatoms. The first kappa shape index (κ1) is 14.1.